The van der Waals surface area contributed by atoms with Gasteiger partial charge in [-0.2, -0.15) is 4.68 Å². The maximum atomic E-state index is 12.0. The first-order valence-corrected chi connectivity index (χ1v) is 14.1. The molecule has 0 saturated carbocycles. The van der Waals surface area contributed by atoms with Gasteiger partial charge in [0.1, 0.15) is 0 Å². The Morgan fingerprint density at radius 2 is 1.68 bits per heavy atom. The number of aromatic nitrogens is 4. The lowest BCUT2D eigenvalue weighted by molar-refractivity contribution is -0.245. The maximum absolute atomic E-state index is 12.0. The van der Waals surface area contributed by atoms with Crippen molar-refractivity contribution in [2.24, 2.45) is 0 Å². The summed E-state index contributed by atoms with van der Waals surface area (Å²) in [7, 11) is 0. The number of aliphatic carboxylic acids is 1. The molecule has 1 saturated heterocycles. The standard InChI is InChI=1S/C29H29N5O6S/c35-17-19-6-8-20(9-7-19)25-16-24(18-41-29-31-32-33-34(29)23-4-2-1-3-5-23)39-28(40-25)21-10-12-22(13-11-21)30-26(36)14-15-27(37)38/h1-13,24-25,28,35H,14-18H2,(H,30,36)(H,37,38)/t24-,25+,28+/m0/s1. The smallest absolute Gasteiger partial charge is 0.303 e. The number of carboxylic acid groups (broad SMARTS) is 1. The Morgan fingerprint density at radius 1 is 0.951 bits per heavy atom. The van der Waals surface area contributed by atoms with Crippen LogP contribution in [0.5, 0.6) is 0 Å². The first kappa shape index (κ1) is 28.4. The van der Waals surface area contributed by atoms with Gasteiger partial charge in [0.15, 0.2) is 6.29 Å². The van der Waals surface area contributed by atoms with Gasteiger partial charge in [-0.05, 0) is 45.8 Å². The number of hydrogen-bond acceptors (Lipinski definition) is 9. The number of para-hydroxylation sites is 1. The molecule has 1 fully saturated rings. The van der Waals surface area contributed by atoms with Crippen molar-refractivity contribution in [2.75, 3.05) is 11.1 Å². The van der Waals surface area contributed by atoms with Gasteiger partial charge in [-0.25, -0.2) is 0 Å². The second-order valence-electron chi connectivity index (χ2n) is 9.43. The number of aliphatic hydroxyl groups is 1. The molecule has 3 aromatic carbocycles. The highest BCUT2D eigenvalue weighted by Crippen LogP contribution is 2.39. The van der Waals surface area contributed by atoms with Crippen LogP contribution in [-0.2, 0) is 25.7 Å². The van der Waals surface area contributed by atoms with Crippen molar-refractivity contribution < 1.29 is 29.3 Å². The third kappa shape index (κ3) is 7.55. The van der Waals surface area contributed by atoms with Crippen molar-refractivity contribution in [2.45, 2.75) is 49.5 Å². The van der Waals surface area contributed by atoms with Gasteiger partial charge in [0.25, 0.3) is 0 Å². The number of carbonyl (C=O) groups excluding carboxylic acids is 1. The highest BCUT2D eigenvalue weighted by atomic mass is 32.2. The number of thioether (sulfide) groups is 1. The normalized spacial score (nSPS) is 18.6. The number of ether oxygens (including phenoxy) is 2. The van der Waals surface area contributed by atoms with Gasteiger partial charge in [0.2, 0.25) is 11.1 Å². The average Bonchev–Trinajstić information content (AvgIpc) is 3.48. The zero-order chi connectivity index (χ0) is 28.6. The van der Waals surface area contributed by atoms with Gasteiger partial charge >= 0.3 is 5.97 Å². The summed E-state index contributed by atoms with van der Waals surface area (Å²) in [6.45, 7) is -0.0356. The molecule has 3 atom stereocenters. The zero-order valence-corrected chi connectivity index (χ0v) is 22.8. The molecule has 0 unspecified atom stereocenters. The lowest BCUT2D eigenvalue weighted by atomic mass is 10.0. The summed E-state index contributed by atoms with van der Waals surface area (Å²) in [4.78, 5) is 22.7. The largest absolute Gasteiger partial charge is 0.481 e. The van der Waals surface area contributed by atoms with E-state index in [2.05, 4.69) is 20.8 Å². The zero-order valence-electron chi connectivity index (χ0n) is 22.0. The highest BCUT2D eigenvalue weighted by Gasteiger charge is 2.32. The summed E-state index contributed by atoms with van der Waals surface area (Å²) in [5.74, 6) is -0.811. The molecule has 12 heteroatoms. The Morgan fingerprint density at radius 3 is 2.39 bits per heavy atom. The van der Waals surface area contributed by atoms with Crippen LogP contribution in [-0.4, -0.2) is 54.2 Å². The summed E-state index contributed by atoms with van der Waals surface area (Å²) in [6.07, 6.45) is -0.850. The molecule has 0 radical (unpaired) electrons. The van der Waals surface area contributed by atoms with E-state index in [0.29, 0.717) is 23.0 Å². The molecular formula is C29H29N5O6S. The molecule has 1 aliphatic rings. The predicted molar refractivity (Wildman–Crippen MR) is 150 cm³/mol. The Hall–Kier alpha value is -4.10. The number of anilines is 1. The fraction of sp³-hybridized carbons (Fsp3) is 0.276. The monoisotopic (exact) mass is 575 g/mol. The summed E-state index contributed by atoms with van der Waals surface area (Å²) >= 11 is 1.50. The molecule has 3 N–H and O–H groups in total. The predicted octanol–water partition coefficient (Wildman–Crippen LogP) is 4.30. The van der Waals surface area contributed by atoms with Crippen LogP contribution in [0.3, 0.4) is 0 Å². The molecule has 1 aliphatic heterocycles. The topological polar surface area (TPSA) is 149 Å². The van der Waals surface area contributed by atoms with E-state index in [9.17, 15) is 14.7 Å². The lowest BCUT2D eigenvalue weighted by Crippen LogP contribution is -2.31. The van der Waals surface area contributed by atoms with Gasteiger partial charge < -0.3 is 25.0 Å². The number of carbonyl (C=O) groups is 2. The van der Waals surface area contributed by atoms with Crippen LogP contribution < -0.4 is 5.32 Å². The molecule has 2 heterocycles. The van der Waals surface area contributed by atoms with E-state index >= 15 is 0 Å². The maximum Gasteiger partial charge on any atom is 0.303 e. The minimum absolute atomic E-state index is 0.0356. The lowest BCUT2D eigenvalue weighted by Gasteiger charge is -2.36. The molecule has 1 aromatic heterocycles. The number of nitrogens with zero attached hydrogens (tertiary/aromatic N) is 4. The Bertz CT molecular complexity index is 1450. The third-order valence-electron chi connectivity index (χ3n) is 6.49. The second-order valence-corrected chi connectivity index (χ2v) is 10.4. The van der Waals surface area contributed by atoms with Gasteiger partial charge in [-0.15, -0.1) is 5.10 Å². The number of hydrogen-bond donors (Lipinski definition) is 3. The molecule has 4 aromatic rings. The van der Waals surface area contributed by atoms with Crippen molar-refractivity contribution in [1.29, 1.82) is 0 Å². The SMILES string of the molecule is O=C(O)CCC(=O)Nc1ccc([C@@H]2O[C@H](CSc3nnnn3-c3ccccc3)C[C@H](c3ccc(CO)cc3)O2)cc1. The van der Waals surface area contributed by atoms with Crippen molar-refractivity contribution >= 4 is 29.3 Å². The number of nitrogens with one attached hydrogen (secondary N) is 1. The van der Waals surface area contributed by atoms with Crippen LogP contribution in [0, 0.1) is 0 Å². The van der Waals surface area contributed by atoms with Crippen LogP contribution in [0.4, 0.5) is 5.69 Å². The van der Waals surface area contributed by atoms with Crippen LogP contribution >= 0.6 is 11.8 Å². The van der Waals surface area contributed by atoms with Crippen molar-refractivity contribution in [3.63, 3.8) is 0 Å². The van der Waals surface area contributed by atoms with E-state index < -0.39 is 12.3 Å². The summed E-state index contributed by atoms with van der Waals surface area (Å²) < 4.78 is 14.5. The van der Waals surface area contributed by atoms with E-state index in [1.54, 1.807) is 16.8 Å². The number of aliphatic hydroxyl groups excluding tert-OH is 1. The molecule has 1 amide bonds. The average molecular weight is 576 g/mol. The van der Waals surface area contributed by atoms with Crippen LogP contribution in [0.15, 0.2) is 84.0 Å². The van der Waals surface area contributed by atoms with E-state index in [4.69, 9.17) is 14.6 Å². The van der Waals surface area contributed by atoms with Gasteiger partial charge in [-0.1, -0.05) is 66.4 Å². The summed E-state index contributed by atoms with van der Waals surface area (Å²) in [5, 5.41) is 33.8. The Kier molecular flexibility index (Phi) is 9.36. The quantitative estimate of drug-likeness (QED) is 0.221. The number of rotatable bonds is 11. The van der Waals surface area contributed by atoms with Crippen LogP contribution in [0.1, 0.15) is 48.3 Å². The number of amides is 1. The van der Waals surface area contributed by atoms with E-state index in [1.165, 1.54) is 11.8 Å². The summed E-state index contributed by atoms with van der Waals surface area (Å²) in [5.41, 5.74) is 3.98. The number of carboxylic acids is 1. The van der Waals surface area contributed by atoms with Crippen molar-refractivity contribution in [1.82, 2.24) is 20.2 Å². The highest BCUT2D eigenvalue weighted by molar-refractivity contribution is 7.99. The molecule has 212 valence electrons. The number of tetrazole rings is 1. The fourth-order valence-electron chi connectivity index (χ4n) is 4.36. The summed E-state index contributed by atoms with van der Waals surface area (Å²) in [6, 6.07) is 24.4. The van der Waals surface area contributed by atoms with E-state index in [1.807, 2.05) is 66.7 Å². The molecule has 11 nitrogen and oxygen atoms in total. The van der Waals surface area contributed by atoms with E-state index in [0.717, 1.165) is 22.4 Å². The first-order chi connectivity index (χ1) is 20.0. The third-order valence-corrected chi connectivity index (χ3v) is 7.54. The second kappa shape index (κ2) is 13.5. The molecule has 41 heavy (non-hydrogen) atoms. The molecular weight excluding hydrogens is 546 g/mol. The number of benzene rings is 3. The molecule has 0 aliphatic carbocycles. The molecule has 5 rings (SSSR count). The van der Waals surface area contributed by atoms with Crippen molar-refractivity contribution in [3.05, 3.63) is 95.6 Å². The van der Waals surface area contributed by atoms with Gasteiger partial charge in [-0.3, -0.25) is 9.59 Å². The van der Waals surface area contributed by atoms with Gasteiger partial charge in [0, 0.05) is 29.8 Å². The first-order valence-electron chi connectivity index (χ1n) is 13.1. The molecule has 0 spiro atoms. The van der Waals surface area contributed by atoms with Crippen molar-refractivity contribution in [3.8, 4) is 5.69 Å². The van der Waals surface area contributed by atoms with Crippen LogP contribution in [0.2, 0.25) is 0 Å². The van der Waals surface area contributed by atoms with E-state index in [-0.39, 0.29) is 37.6 Å². The van der Waals surface area contributed by atoms with Crippen LogP contribution in [0.25, 0.3) is 5.69 Å². The minimum atomic E-state index is -1.02. The Balaban J connectivity index is 1.30. The fourth-order valence-corrected chi connectivity index (χ4v) is 5.27. The Labute approximate surface area is 240 Å². The van der Waals surface area contributed by atoms with Gasteiger partial charge in [0.05, 0.1) is 30.9 Å². The minimum Gasteiger partial charge on any atom is -0.481 e. The molecule has 0 bridgehead atoms.